The average Bonchev–Trinajstić information content (AvgIpc) is 2.88. The highest BCUT2D eigenvalue weighted by atomic mass is 16.5. The smallest absolute Gasteiger partial charge is 0.257 e. The summed E-state index contributed by atoms with van der Waals surface area (Å²) in [5.74, 6) is 0.976. The molecule has 1 fully saturated rings. The van der Waals surface area contributed by atoms with Gasteiger partial charge in [-0.25, -0.2) is 0 Å². The Labute approximate surface area is 118 Å². The SMILES string of the molecule is COc1ccccc1OCC(=O)NCC1CNCC1O. The summed E-state index contributed by atoms with van der Waals surface area (Å²) in [5, 5.41) is 15.4. The van der Waals surface area contributed by atoms with Gasteiger partial charge in [-0.1, -0.05) is 12.1 Å². The Balaban J connectivity index is 1.74. The van der Waals surface area contributed by atoms with Crippen molar-refractivity contribution in [3.8, 4) is 11.5 Å². The van der Waals surface area contributed by atoms with Crippen LogP contribution >= 0.6 is 0 Å². The number of rotatable bonds is 6. The maximum Gasteiger partial charge on any atom is 0.257 e. The molecule has 3 N–H and O–H groups in total. The Kier molecular flexibility index (Phi) is 5.20. The predicted octanol–water partition coefficient (Wildman–Crippen LogP) is -0.229. The number of benzene rings is 1. The summed E-state index contributed by atoms with van der Waals surface area (Å²) >= 11 is 0. The van der Waals surface area contributed by atoms with Crippen molar-refractivity contribution in [1.82, 2.24) is 10.6 Å². The molecule has 0 aromatic heterocycles. The molecule has 6 heteroatoms. The van der Waals surface area contributed by atoms with Crippen LogP contribution in [0.4, 0.5) is 0 Å². The first-order valence-electron chi connectivity index (χ1n) is 6.62. The van der Waals surface area contributed by atoms with Crippen LogP contribution in [0, 0.1) is 5.92 Å². The third-order valence-electron chi connectivity index (χ3n) is 3.29. The maximum absolute atomic E-state index is 11.7. The first-order valence-corrected chi connectivity index (χ1v) is 6.62. The van der Waals surface area contributed by atoms with Gasteiger partial charge in [0.2, 0.25) is 0 Å². The van der Waals surface area contributed by atoms with Crippen LogP contribution in [-0.4, -0.2) is 50.5 Å². The van der Waals surface area contributed by atoms with Gasteiger partial charge < -0.3 is 25.2 Å². The molecule has 0 spiro atoms. The third kappa shape index (κ3) is 3.85. The molecule has 1 aromatic carbocycles. The number of carbonyl (C=O) groups is 1. The minimum absolute atomic E-state index is 0.0604. The van der Waals surface area contributed by atoms with Crippen molar-refractivity contribution < 1.29 is 19.4 Å². The Morgan fingerprint density at radius 3 is 2.80 bits per heavy atom. The van der Waals surface area contributed by atoms with Crippen LogP contribution < -0.4 is 20.1 Å². The van der Waals surface area contributed by atoms with Crippen molar-refractivity contribution in [2.75, 3.05) is 33.4 Å². The number of aliphatic hydroxyl groups excluding tert-OH is 1. The molecular formula is C14H20N2O4. The van der Waals surface area contributed by atoms with Crippen molar-refractivity contribution in [2.45, 2.75) is 6.10 Å². The molecule has 1 aliphatic rings. The number of hydrogen-bond acceptors (Lipinski definition) is 5. The molecule has 1 saturated heterocycles. The van der Waals surface area contributed by atoms with Crippen LogP contribution in [0.1, 0.15) is 0 Å². The van der Waals surface area contributed by atoms with Crippen LogP contribution in [0.25, 0.3) is 0 Å². The lowest BCUT2D eigenvalue weighted by atomic mass is 10.1. The molecule has 1 aliphatic heterocycles. The van der Waals surface area contributed by atoms with Crippen LogP contribution in [0.15, 0.2) is 24.3 Å². The highest BCUT2D eigenvalue weighted by Gasteiger charge is 2.24. The second-order valence-electron chi connectivity index (χ2n) is 4.73. The van der Waals surface area contributed by atoms with Crippen molar-refractivity contribution in [2.24, 2.45) is 5.92 Å². The zero-order chi connectivity index (χ0) is 14.4. The molecule has 0 aliphatic carbocycles. The van der Waals surface area contributed by atoms with Gasteiger partial charge in [-0.05, 0) is 12.1 Å². The molecule has 20 heavy (non-hydrogen) atoms. The lowest BCUT2D eigenvalue weighted by Crippen LogP contribution is -2.36. The van der Waals surface area contributed by atoms with E-state index in [1.54, 1.807) is 19.2 Å². The summed E-state index contributed by atoms with van der Waals surface area (Å²) in [4.78, 5) is 11.7. The topological polar surface area (TPSA) is 79.8 Å². The van der Waals surface area contributed by atoms with E-state index in [0.717, 1.165) is 6.54 Å². The number of hydrogen-bond donors (Lipinski definition) is 3. The van der Waals surface area contributed by atoms with Gasteiger partial charge in [0, 0.05) is 25.6 Å². The normalized spacial score (nSPS) is 21.5. The molecule has 2 rings (SSSR count). The van der Waals surface area contributed by atoms with Gasteiger partial charge in [0.25, 0.3) is 5.91 Å². The van der Waals surface area contributed by atoms with Crippen LogP contribution in [0.2, 0.25) is 0 Å². The van der Waals surface area contributed by atoms with Crippen molar-refractivity contribution in [1.29, 1.82) is 0 Å². The second kappa shape index (κ2) is 7.12. The zero-order valence-electron chi connectivity index (χ0n) is 11.5. The van der Waals surface area contributed by atoms with E-state index in [1.165, 1.54) is 0 Å². The van der Waals surface area contributed by atoms with Crippen molar-refractivity contribution in [3.05, 3.63) is 24.3 Å². The fraction of sp³-hybridized carbons (Fsp3) is 0.500. The van der Waals surface area contributed by atoms with Gasteiger partial charge in [-0.3, -0.25) is 4.79 Å². The number of methoxy groups -OCH3 is 1. The number of para-hydroxylation sites is 2. The number of ether oxygens (including phenoxy) is 2. The number of carbonyl (C=O) groups excluding carboxylic acids is 1. The van der Waals surface area contributed by atoms with Crippen molar-refractivity contribution >= 4 is 5.91 Å². The molecule has 0 radical (unpaired) electrons. The van der Waals surface area contributed by atoms with E-state index < -0.39 is 6.10 Å². The van der Waals surface area contributed by atoms with E-state index in [2.05, 4.69) is 10.6 Å². The first kappa shape index (κ1) is 14.6. The van der Waals surface area contributed by atoms with Crippen LogP contribution in [-0.2, 0) is 4.79 Å². The van der Waals surface area contributed by atoms with Gasteiger partial charge in [0.05, 0.1) is 13.2 Å². The summed E-state index contributed by atoms with van der Waals surface area (Å²) < 4.78 is 10.6. The molecule has 2 atom stereocenters. The molecular weight excluding hydrogens is 260 g/mol. The molecule has 0 saturated carbocycles. The molecule has 1 amide bonds. The van der Waals surface area contributed by atoms with Crippen LogP contribution in [0.5, 0.6) is 11.5 Å². The number of β-amino-alcohol motifs (C(OH)–C–C–N with tert-alkyl or cyclic N) is 1. The van der Waals surface area contributed by atoms with E-state index in [0.29, 0.717) is 24.6 Å². The first-order chi connectivity index (χ1) is 9.70. The van der Waals surface area contributed by atoms with E-state index in [9.17, 15) is 9.90 Å². The standard InChI is InChI=1S/C14H20N2O4/c1-19-12-4-2-3-5-13(12)20-9-14(18)16-7-10-6-15-8-11(10)17/h2-5,10-11,15,17H,6-9H2,1H3,(H,16,18). The maximum atomic E-state index is 11.7. The summed E-state index contributed by atoms with van der Waals surface area (Å²) in [5.41, 5.74) is 0. The Morgan fingerprint density at radius 2 is 2.15 bits per heavy atom. The third-order valence-corrected chi connectivity index (χ3v) is 3.29. The fourth-order valence-corrected chi connectivity index (χ4v) is 2.10. The largest absolute Gasteiger partial charge is 0.493 e. The quantitative estimate of drug-likeness (QED) is 0.671. The molecule has 1 aromatic rings. The fourth-order valence-electron chi connectivity index (χ4n) is 2.10. The number of nitrogens with one attached hydrogen (secondary N) is 2. The van der Waals surface area contributed by atoms with Gasteiger partial charge in [0.1, 0.15) is 0 Å². The van der Waals surface area contributed by atoms with E-state index in [4.69, 9.17) is 9.47 Å². The molecule has 1 heterocycles. The predicted molar refractivity (Wildman–Crippen MR) is 73.9 cm³/mol. The summed E-state index contributed by atoms with van der Waals surface area (Å²) in [6.45, 7) is 1.67. The van der Waals surface area contributed by atoms with Crippen LogP contribution in [0.3, 0.4) is 0 Å². The molecule has 0 bridgehead atoms. The second-order valence-corrected chi connectivity index (χ2v) is 4.73. The van der Waals surface area contributed by atoms with Gasteiger partial charge in [-0.15, -0.1) is 0 Å². The van der Waals surface area contributed by atoms with E-state index >= 15 is 0 Å². The average molecular weight is 280 g/mol. The summed E-state index contributed by atoms with van der Waals surface area (Å²) in [7, 11) is 1.55. The number of aliphatic hydroxyl groups is 1. The Bertz CT molecular complexity index is 453. The molecule has 2 unspecified atom stereocenters. The Hall–Kier alpha value is -1.79. The minimum Gasteiger partial charge on any atom is -0.493 e. The molecule has 110 valence electrons. The van der Waals surface area contributed by atoms with Gasteiger partial charge in [0.15, 0.2) is 18.1 Å². The Morgan fingerprint density at radius 1 is 1.40 bits per heavy atom. The highest BCUT2D eigenvalue weighted by Crippen LogP contribution is 2.25. The van der Waals surface area contributed by atoms with Crippen molar-refractivity contribution in [3.63, 3.8) is 0 Å². The minimum atomic E-state index is -0.398. The monoisotopic (exact) mass is 280 g/mol. The lowest BCUT2D eigenvalue weighted by Gasteiger charge is -2.14. The van der Waals surface area contributed by atoms with E-state index in [-0.39, 0.29) is 18.4 Å². The summed E-state index contributed by atoms with van der Waals surface area (Å²) in [6.07, 6.45) is -0.398. The van der Waals surface area contributed by atoms with Gasteiger partial charge in [-0.2, -0.15) is 0 Å². The zero-order valence-corrected chi connectivity index (χ0v) is 11.5. The highest BCUT2D eigenvalue weighted by molar-refractivity contribution is 5.77. The number of amides is 1. The van der Waals surface area contributed by atoms with E-state index in [1.807, 2.05) is 12.1 Å². The molecule has 6 nitrogen and oxygen atoms in total. The lowest BCUT2D eigenvalue weighted by molar-refractivity contribution is -0.123. The van der Waals surface area contributed by atoms with Gasteiger partial charge >= 0.3 is 0 Å². The summed E-state index contributed by atoms with van der Waals surface area (Å²) in [6, 6.07) is 7.17.